The highest BCUT2D eigenvalue weighted by atomic mass is 32.1. The second kappa shape index (κ2) is 8.03. The summed E-state index contributed by atoms with van der Waals surface area (Å²) in [6, 6.07) is 18.9. The third kappa shape index (κ3) is 4.10. The molecule has 27 heavy (non-hydrogen) atoms. The van der Waals surface area contributed by atoms with Crippen LogP contribution in [0.25, 0.3) is 0 Å². The summed E-state index contributed by atoms with van der Waals surface area (Å²) >= 11 is 1.49. The van der Waals surface area contributed by atoms with Crippen molar-refractivity contribution in [3.63, 3.8) is 0 Å². The first-order valence-electron chi connectivity index (χ1n) is 9.30. The van der Waals surface area contributed by atoms with Gasteiger partial charge in [0.05, 0.1) is 10.7 Å². The Kier molecular flexibility index (Phi) is 5.32. The fraction of sp³-hybridized carbons (Fsp3) is 0.273. The average Bonchev–Trinajstić information content (AvgIpc) is 3.07. The number of hydrogen-bond acceptors (Lipinski definition) is 4. The van der Waals surface area contributed by atoms with Crippen LogP contribution in [0.2, 0.25) is 0 Å². The highest BCUT2D eigenvalue weighted by molar-refractivity contribution is 7.13. The lowest BCUT2D eigenvalue weighted by atomic mass is 9.94. The third-order valence-corrected chi connectivity index (χ3v) is 6.08. The topological polar surface area (TPSA) is 54.0 Å². The molecular weight excluding hydrogens is 354 g/mol. The van der Waals surface area contributed by atoms with Crippen LogP contribution in [-0.2, 0) is 12.8 Å². The Balaban J connectivity index is 1.42. The van der Waals surface area contributed by atoms with Crippen LogP contribution in [0.15, 0.2) is 54.6 Å². The van der Waals surface area contributed by atoms with Gasteiger partial charge >= 0.3 is 0 Å². The van der Waals surface area contributed by atoms with Crippen molar-refractivity contribution in [2.75, 3.05) is 13.1 Å². The van der Waals surface area contributed by atoms with Gasteiger partial charge in [-0.15, -0.1) is 11.3 Å². The molecule has 0 aliphatic carbocycles. The van der Waals surface area contributed by atoms with Gasteiger partial charge in [0.2, 0.25) is 0 Å². The lowest BCUT2D eigenvalue weighted by Gasteiger charge is -2.27. The first-order valence-corrected chi connectivity index (χ1v) is 10.1. The summed E-state index contributed by atoms with van der Waals surface area (Å²) < 4.78 is 0. The first-order chi connectivity index (χ1) is 13.2. The molecular formula is C22H23N3OS. The molecule has 1 unspecified atom stereocenters. The van der Waals surface area contributed by atoms with Crippen molar-refractivity contribution in [3.8, 4) is 0 Å². The van der Waals surface area contributed by atoms with Crippen molar-refractivity contribution in [1.82, 2.24) is 15.6 Å². The van der Waals surface area contributed by atoms with Crippen molar-refractivity contribution < 1.29 is 4.79 Å². The number of hydrogen-bond donors (Lipinski definition) is 2. The number of nitrogens with zero attached hydrogens (tertiary/aromatic N) is 1. The molecule has 4 nitrogen and oxygen atoms in total. The van der Waals surface area contributed by atoms with E-state index in [1.165, 1.54) is 28.0 Å². The van der Waals surface area contributed by atoms with Crippen molar-refractivity contribution in [2.24, 2.45) is 0 Å². The number of fused-ring (bicyclic) bond motifs is 1. The van der Waals surface area contributed by atoms with Crippen LogP contribution < -0.4 is 10.6 Å². The number of rotatable bonds is 5. The second-order valence-corrected chi connectivity index (χ2v) is 7.93. The fourth-order valence-electron chi connectivity index (χ4n) is 3.56. The molecule has 1 aromatic heterocycles. The van der Waals surface area contributed by atoms with Crippen molar-refractivity contribution >= 4 is 17.2 Å². The minimum absolute atomic E-state index is 0.0332. The van der Waals surface area contributed by atoms with Gasteiger partial charge in [0.25, 0.3) is 5.91 Å². The fourth-order valence-corrected chi connectivity index (χ4v) is 4.57. The molecule has 0 saturated carbocycles. The standard InChI is InChI=1S/C22H23N3OS/c1-15-21(27-20(25-15)13-16-7-3-2-4-8-16)22(26)24-14-19-18-10-6-5-9-17(18)11-12-23-19/h2-10,19,23H,11-14H2,1H3,(H,24,26). The van der Waals surface area contributed by atoms with E-state index in [0.717, 1.165) is 30.1 Å². The lowest BCUT2D eigenvalue weighted by molar-refractivity contribution is 0.0952. The minimum atomic E-state index is -0.0332. The SMILES string of the molecule is Cc1nc(Cc2ccccc2)sc1C(=O)NCC1NCCc2ccccc21. The molecule has 0 fully saturated rings. The Hall–Kier alpha value is -2.50. The molecule has 1 aliphatic heterocycles. The molecule has 2 N–H and O–H groups in total. The van der Waals surface area contributed by atoms with Crippen LogP contribution >= 0.6 is 11.3 Å². The Labute approximate surface area is 163 Å². The number of carbonyl (C=O) groups excluding carboxylic acids is 1. The van der Waals surface area contributed by atoms with Gasteiger partial charge in [-0.25, -0.2) is 4.98 Å². The van der Waals surface area contributed by atoms with E-state index in [0.29, 0.717) is 11.4 Å². The summed E-state index contributed by atoms with van der Waals surface area (Å²) in [5, 5.41) is 7.58. The van der Waals surface area contributed by atoms with Crippen molar-refractivity contribution in [2.45, 2.75) is 25.8 Å². The van der Waals surface area contributed by atoms with Crippen LogP contribution in [0.1, 0.15) is 43.1 Å². The Morgan fingerprint density at radius 2 is 1.96 bits per heavy atom. The zero-order valence-electron chi connectivity index (χ0n) is 15.4. The number of aryl methyl sites for hydroxylation is 1. The number of nitrogens with one attached hydrogen (secondary N) is 2. The van der Waals surface area contributed by atoms with E-state index < -0.39 is 0 Å². The Bertz CT molecular complexity index is 936. The second-order valence-electron chi connectivity index (χ2n) is 6.85. The van der Waals surface area contributed by atoms with Crippen LogP contribution in [0.4, 0.5) is 0 Å². The van der Waals surface area contributed by atoms with E-state index in [9.17, 15) is 4.79 Å². The lowest BCUT2D eigenvalue weighted by Crippen LogP contribution is -2.38. The predicted octanol–water partition coefficient (Wildman–Crippen LogP) is 3.66. The maximum Gasteiger partial charge on any atom is 0.263 e. The largest absolute Gasteiger partial charge is 0.349 e. The predicted molar refractivity (Wildman–Crippen MR) is 109 cm³/mol. The highest BCUT2D eigenvalue weighted by Crippen LogP contribution is 2.23. The van der Waals surface area contributed by atoms with E-state index >= 15 is 0 Å². The van der Waals surface area contributed by atoms with E-state index in [-0.39, 0.29) is 11.9 Å². The summed E-state index contributed by atoms with van der Waals surface area (Å²) in [5.41, 5.74) is 4.67. The third-order valence-electron chi connectivity index (χ3n) is 4.93. The molecule has 0 spiro atoms. The Morgan fingerprint density at radius 1 is 1.19 bits per heavy atom. The molecule has 138 valence electrons. The summed E-state index contributed by atoms with van der Waals surface area (Å²) in [6.45, 7) is 3.44. The number of thiazole rings is 1. The first kappa shape index (κ1) is 17.9. The maximum absolute atomic E-state index is 12.7. The van der Waals surface area contributed by atoms with Gasteiger partial charge in [-0.05, 0) is 36.6 Å². The molecule has 3 aromatic rings. The van der Waals surface area contributed by atoms with Crippen LogP contribution in [0.3, 0.4) is 0 Å². The van der Waals surface area contributed by atoms with Crippen LogP contribution in [-0.4, -0.2) is 24.0 Å². The Morgan fingerprint density at radius 3 is 2.81 bits per heavy atom. The molecule has 5 heteroatoms. The molecule has 1 amide bonds. The van der Waals surface area contributed by atoms with Gasteiger partial charge in [0, 0.05) is 19.0 Å². The van der Waals surface area contributed by atoms with Gasteiger partial charge in [0.15, 0.2) is 0 Å². The molecule has 0 bridgehead atoms. The quantitative estimate of drug-likeness (QED) is 0.713. The smallest absolute Gasteiger partial charge is 0.263 e. The minimum Gasteiger partial charge on any atom is -0.349 e. The van der Waals surface area contributed by atoms with Crippen molar-refractivity contribution in [1.29, 1.82) is 0 Å². The van der Waals surface area contributed by atoms with E-state index in [2.05, 4.69) is 52.0 Å². The number of carbonyl (C=O) groups is 1. The van der Waals surface area contributed by atoms with E-state index in [1.54, 1.807) is 0 Å². The van der Waals surface area contributed by atoms with Gasteiger partial charge in [-0.3, -0.25) is 4.79 Å². The van der Waals surface area contributed by atoms with Gasteiger partial charge in [-0.1, -0.05) is 54.6 Å². The average molecular weight is 378 g/mol. The van der Waals surface area contributed by atoms with Gasteiger partial charge in [0.1, 0.15) is 4.88 Å². The molecule has 0 saturated heterocycles. The summed E-state index contributed by atoms with van der Waals surface area (Å²) in [7, 11) is 0. The maximum atomic E-state index is 12.7. The molecule has 0 radical (unpaired) electrons. The normalized spacial score (nSPS) is 16.0. The van der Waals surface area contributed by atoms with Crippen molar-refractivity contribution in [3.05, 3.63) is 86.9 Å². The summed E-state index contributed by atoms with van der Waals surface area (Å²) in [6.07, 6.45) is 1.80. The molecule has 1 aliphatic rings. The highest BCUT2D eigenvalue weighted by Gasteiger charge is 2.21. The molecule has 2 heterocycles. The molecule has 1 atom stereocenters. The van der Waals surface area contributed by atoms with Gasteiger partial charge in [-0.2, -0.15) is 0 Å². The van der Waals surface area contributed by atoms with Crippen LogP contribution in [0, 0.1) is 6.92 Å². The van der Waals surface area contributed by atoms with E-state index in [1.807, 2.05) is 25.1 Å². The number of benzene rings is 2. The zero-order valence-corrected chi connectivity index (χ0v) is 16.2. The van der Waals surface area contributed by atoms with Gasteiger partial charge < -0.3 is 10.6 Å². The molecule has 4 rings (SSSR count). The van der Waals surface area contributed by atoms with E-state index in [4.69, 9.17) is 0 Å². The summed E-state index contributed by atoms with van der Waals surface area (Å²) in [4.78, 5) is 18.0. The number of amides is 1. The summed E-state index contributed by atoms with van der Waals surface area (Å²) in [5.74, 6) is -0.0332. The molecule has 2 aromatic carbocycles. The van der Waals surface area contributed by atoms with Crippen LogP contribution in [0.5, 0.6) is 0 Å². The monoisotopic (exact) mass is 377 g/mol. The number of aromatic nitrogens is 1. The zero-order chi connectivity index (χ0) is 18.6.